The molecular formula is C21H19ClFNO5. The van der Waals surface area contributed by atoms with Gasteiger partial charge in [-0.2, -0.15) is 0 Å². The number of nitrogens with one attached hydrogen (secondary N) is 1. The summed E-state index contributed by atoms with van der Waals surface area (Å²) in [5, 5.41) is -0.182. The number of hydroxylamine groups is 1. The van der Waals surface area contributed by atoms with Gasteiger partial charge in [0.2, 0.25) is 0 Å². The third kappa shape index (κ3) is 6.44. The van der Waals surface area contributed by atoms with Gasteiger partial charge in [0, 0.05) is 0 Å². The summed E-state index contributed by atoms with van der Waals surface area (Å²) >= 11 is 6.08. The Bertz CT molecular complexity index is 942. The van der Waals surface area contributed by atoms with Crippen LogP contribution in [0, 0.1) is 5.82 Å². The summed E-state index contributed by atoms with van der Waals surface area (Å²) < 4.78 is 22.9. The Morgan fingerprint density at radius 2 is 1.90 bits per heavy atom. The molecule has 29 heavy (non-hydrogen) atoms. The molecule has 0 fully saturated rings. The first kappa shape index (κ1) is 22.1. The molecule has 2 rings (SSSR count). The number of esters is 1. The molecule has 0 bridgehead atoms. The first-order valence-corrected chi connectivity index (χ1v) is 8.78. The molecule has 0 aliphatic rings. The SMILES string of the molecule is CO/C=C(/C(=O)OC)c1ccccc1/C=C(\Cl)C(=O)NOCc1cccc(F)c1. The minimum absolute atomic E-state index is 0.0344. The van der Waals surface area contributed by atoms with Gasteiger partial charge in [-0.3, -0.25) is 9.63 Å². The Balaban J connectivity index is 2.13. The van der Waals surface area contributed by atoms with E-state index in [1.807, 2.05) is 0 Å². The highest BCUT2D eigenvalue weighted by atomic mass is 35.5. The number of benzene rings is 2. The smallest absolute Gasteiger partial charge is 0.341 e. The summed E-state index contributed by atoms with van der Waals surface area (Å²) in [4.78, 5) is 29.3. The molecule has 1 amide bonds. The highest BCUT2D eigenvalue weighted by molar-refractivity contribution is 6.44. The lowest BCUT2D eigenvalue weighted by Gasteiger charge is -2.10. The number of hydrogen-bond donors (Lipinski definition) is 1. The van der Waals surface area contributed by atoms with E-state index in [0.717, 1.165) is 0 Å². The molecule has 0 radical (unpaired) electrons. The quantitative estimate of drug-likeness (QED) is 0.305. The molecule has 152 valence electrons. The summed E-state index contributed by atoms with van der Waals surface area (Å²) in [5.41, 5.74) is 3.85. The molecule has 0 aromatic heterocycles. The average Bonchev–Trinajstić information content (AvgIpc) is 2.72. The minimum atomic E-state index is -0.701. The van der Waals surface area contributed by atoms with Crippen molar-refractivity contribution in [3.05, 3.63) is 82.3 Å². The topological polar surface area (TPSA) is 73.9 Å². The largest absolute Gasteiger partial charge is 0.503 e. The number of carbonyl (C=O) groups excluding carboxylic acids is 2. The first-order valence-electron chi connectivity index (χ1n) is 8.40. The third-order valence-corrected chi connectivity index (χ3v) is 3.96. The van der Waals surface area contributed by atoms with Crippen LogP contribution in [0.3, 0.4) is 0 Å². The van der Waals surface area contributed by atoms with Crippen molar-refractivity contribution >= 4 is 35.1 Å². The normalized spacial score (nSPS) is 11.7. The third-order valence-electron chi connectivity index (χ3n) is 3.68. The van der Waals surface area contributed by atoms with Crippen LogP contribution in [0.15, 0.2) is 59.8 Å². The lowest BCUT2D eigenvalue weighted by molar-refractivity contribution is -0.133. The summed E-state index contributed by atoms with van der Waals surface area (Å²) in [6.07, 6.45) is 2.62. The van der Waals surface area contributed by atoms with E-state index in [1.54, 1.807) is 30.3 Å². The number of rotatable bonds is 8. The number of methoxy groups -OCH3 is 2. The summed E-state index contributed by atoms with van der Waals surface area (Å²) in [6, 6.07) is 12.6. The maximum Gasteiger partial charge on any atom is 0.341 e. The van der Waals surface area contributed by atoms with Crippen molar-refractivity contribution in [1.29, 1.82) is 0 Å². The molecule has 1 N–H and O–H groups in total. The molecule has 0 spiro atoms. The Morgan fingerprint density at radius 3 is 2.59 bits per heavy atom. The zero-order valence-corrected chi connectivity index (χ0v) is 16.5. The molecule has 0 heterocycles. The standard InChI is InChI=1S/C21H19ClFNO5/c1-27-13-18(21(26)28-2)17-9-4-3-7-15(17)11-19(22)20(25)24-29-12-14-6-5-8-16(23)10-14/h3-11,13H,12H2,1-2H3,(H,24,25)/b18-13+,19-11-. The Morgan fingerprint density at radius 1 is 1.14 bits per heavy atom. The minimum Gasteiger partial charge on any atom is -0.503 e. The van der Waals surface area contributed by atoms with E-state index in [-0.39, 0.29) is 17.2 Å². The van der Waals surface area contributed by atoms with Crippen molar-refractivity contribution in [2.75, 3.05) is 14.2 Å². The predicted octanol–water partition coefficient (Wildman–Crippen LogP) is 3.81. The van der Waals surface area contributed by atoms with Gasteiger partial charge in [0.25, 0.3) is 5.91 Å². The summed E-state index contributed by atoms with van der Waals surface area (Å²) in [5.74, 6) is -1.71. The summed E-state index contributed by atoms with van der Waals surface area (Å²) in [6.45, 7) is -0.0344. The lowest BCUT2D eigenvalue weighted by Crippen LogP contribution is -2.23. The van der Waals surface area contributed by atoms with E-state index in [9.17, 15) is 14.0 Å². The fourth-order valence-corrected chi connectivity index (χ4v) is 2.54. The van der Waals surface area contributed by atoms with Gasteiger partial charge in [0.05, 0.1) is 27.1 Å². The van der Waals surface area contributed by atoms with E-state index < -0.39 is 17.7 Å². The van der Waals surface area contributed by atoms with E-state index in [1.165, 1.54) is 44.8 Å². The molecule has 8 heteroatoms. The van der Waals surface area contributed by atoms with E-state index in [4.69, 9.17) is 25.9 Å². The molecule has 0 aliphatic carbocycles. The van der Waals surface area contributed by atoms with Crippen LogP contribution in [0.2, 0.25) is 0 Å². The van der Waals surface area contributed by atoms with Crippen LogP contribution in [0.5, 0.6) is 0 Å². The van der Waals surface area contributed by atoms with Gasteiger partial charge in [-0.25, -0.2) is 14.7 Å². The van der Waals surface area contributed by atoms with Crippen LogP contribution in [0.1, 0.15) is 16.7 Å². The Labute approximate surface area is 172 Å². The second kappa shape index (κ2) is 11.0. The molecule has 0 atom stereocenters. The lowest BCUT2D eigenvalue weighted by atomic mass is 10.00. The monoisotopic (exact) mass is 419 g/mol. The van der Waals surface area contributed by atoms with Crippen molar-refractivity contribution in [3.8, 4) is 0 Å². The second-order valence-corrected chi connectivity index (χ2v) is 6.10. The number of ether oxygens (including phenoxy) is 2. The van der Waals surface area contributed by atoms with Crippen LogP contribution < -0.4 is 5.48 Å². The summed E-state index contributed by atoms with van der Waals surface area (Å²) in [7, 11) is 2.65. The van der Waals surface area contributed by atoms with Gasteiger partial charge in [-0.05, 0) is 34.9 Å². The Hall–Kier alpha value is -3.16. The van der Waals surface area contributed by atoms with Crippen LogP contribution in [-0.4, -0.2) is 26.1 Å². The van der Waals surface area contributed by atoms with E-state index >= 15 is 0 Å². The van der Waals surface area contributed by atoms with Gasteiger partial charge < -0.3 is 9.47 Å². The predicted molar refractivity (Wildman–Crippen MR) is 107 cm³/mol. The molecule has 0 saturated carbocycles. The van der Waals surface area contributed by atoms with Crippen molar-refractivity contribution in [3.63, 3.8) is 0 Å². The van der Waals surface area contributed by atoms with Crippen LogP contribution in [0.4, 0.5) is 4.39 Å². The number of hydrogen-bond acceptors (Lipinski definition) is 5. The molecule has 0 saturated heterocycles. The molecular weight excluding hydrogens is 401 g/mol. The fraction of sp³-hybridized carbons (Fsp3) is 0.143. The van der Waals surface area contributed by atoms with Crippen molar-refractivity contribution in [2.24, 2.45) is 0 Å². The van der Waals surface area contributed by atoms with Crippen molar-refractivity contribution in [1.82, 2.24) is 5.48 Å². The zero-order chi connectivity index (χ0) is 21.2. The first-order chi connectivity index (χ1) is 14.0. The Kier molecular flexibility index (Phi) is 8.39. The van der Waals surface area contributed by atoms with Crippen LogP contribution in [-0.2, 0) is 30.5 Å². The fourth-order valence-electron chi connectivity index (χ4n) is 2.38. The molecule has 6 nitrogen and oxygen atoms in total. The average molecular weight is 420 g/mol. The molecule has 0 unspecified atom stereocenters. The highest BCUT2D eigenvalue weighted by Gasteiger charge is 2.17. The zero-order valence-electron chi connectivity index (χ0n) is 15.8. The second-order valence-electron chi connectivity index (χ2n) is 5.69. The van der Waals surface area contributed by atoms with Gasteiger partial charge in [-0.15, -0.1) is 0 Å². The van der Waals surface area contributed by atoms with E-state index in [0.29, 0.717) is 16.7 Å². The molecule has 0 aliphatic heterocycles. The van der Waals surface area contributed by atoms with Crippen molar-refractivity contribution < 1.29 is 28.3 Å². The van der Waals surface area contributed by atoms with Crippen LogP contribution >= 0.6 is 11.6 Å². The van der Waals surface area contributed by atoms with Gasteiger partial charge >= 0.3 is 5.97 Å². The maximum atomic E-state index is 13.1. The number of carbonyl (C=O) groups is 2. The number of halogens is 2. The maximum absolute atomic E-state index is 13.1. The van der Waals surface area contributed by atoms with Gasteiger partial charge in [0.15, 0.2) is 0 Å². The van der Waals surface area contributed by atoms with Crippen molar-refractivity contribution in [2.45, 2.75) is 6.61 Å². The molecule has 2 aromatic carbocycles. The highest BCUT2D eigenvalue weighted by Crippen LogP contribution is 2.24. The van der Waals surface area contributed by atoms with Crippen LogP contribution in [0.25, 0.3) is 11.6 Å². The van der Waals surface area contributed by atoms with Gasteiger partial charge in [0.1, 0.15) is 16.4 Å². The molecule has 2 aromatic rings. The van der Waals surface area contributed by atoms with E-state index in [2.05, 4.69) is 5.48 Å². The number of amides is 1. The van der Waals surface area contributed by atoms with Gasteiger partial charge in [-0.1, -0.05) is 48.0 Å².